The topological polar surface area (TPSA) is 43.1 Å². The largest absolute Gasteiger partial charge is 0.324 e. The second-order valence-corrected chi connectivity index (χ2v) is 4.00. The molecule has 1 aromatic rings. The highest BCUT2D eigenvalue weighted by atomic mass is 32.2. The molecule has 3 heteroatoms. The standard InChI is InChI=1S/C10H11NOS/c1-13-9-4-2-3-6-8(12)5-7(11)10(6)9/h2-4,7H,5,11H2,1H3/t7-/m0/s1. The molecule has 1 aliphatic carbocycles. The molecule has 0 radical (unpaired) electrons. The lowest BCUT2D eigenvalue weighted by molar-refractivity contribution is 0.0989. The Morgan fingerprint density at radius 3 is 3.00 bits per heavy atom. The van der Waals surface area contributed by atoms with Crippen LogP contribution in [-0.2, 0) is 0 Å². The Balaban J connectivity index is 2.62. The molecule has 13 heavy (non-hydrogen) atoms. The molecule has 0 saturated heterocycles. The van der Waals surface area contributed by atoms with Gasteiger partial charge in [-0.3, -0.25) is 4.79 Å². The van der Waals surface area contributed by atoms with Crippen molar-refractivity contribution in [2.24, 2.45) is 5.73 Å². The van der Waals surface area contributed by atoms with Gasteiger partial charge < -0.3 is 5.73 Å². The summed E-state index contributed by atoms with van der Waals surface area (Å²) in [5.41, 5.74) is 7.74. The van der Waals surface area contributed by atoms with Gasteiger partial charge in [-0.2, -0.15) is 0 Å². The number of hydrogen-bond acceptors (Lipinski definition) is 3. The number of carbonyl (C=O) groups excluding carboxylic acids is 1. The highest BCUT2D eigenvalue weighted by molar-refractivity contribution is 7.98. The molecule has 1 atom stereocenters. The zero-order valence-corrected chi connectivity index (χ0v) is 8.23. The van der Waals surface area contributed by atoms with Crippen LogP contribution in [0.1, 0.15) is 28.4 Å². The van der Waals surface area contributed by atoms with E-state index < -0.39 is 0 Å². The smallest absolute Gasteiger partial charge is 0.165 e. The lowest BCUT2D eigenvalue weighted by Crippen LogP contribution is -2.06. The summed E-state index contributed by atoms with van der Waals surface area (Å²) in [6.45, 7) is 0. The summed E-state index contributed by atoms with van der Waals surface area (Å²) in [5, 5.41) is 0. The van der Waals surface area contributed by atoms with Crippen LogP contribution in [0.2, 0.25) is 0 Å². The zero-order chi connectivity index (χ0) is 9.42. The number of ketones is 1. The molecule has 2 N–H and O–H groups in total. The molecule has 0 amide bonds. The molecule has 0 fully saturated rings. The molecule has 0 aliphatic heterocycles. The summed E-state index contributed by atoms with van der Waals surface area (Å²) in [7, 11) is 0. The highest BCUT2D eigenvalue weighted by Crippen LogP contribution is 2.35. The molecule has 0 heterocycles. The summed E-state index contributed by atoms with van der Waals surface area (Å²) in [6, 6.07) is 5.71. The summed E-state index contributed by atoms with van der Waals surface area (Å²) < 4.78 is 0. The molecule has 68 valence electrons. The van der Waals surface area contributed by atoms with Crippen molar-refractivity contribution in [3.05, 3.63) is 29.3 Å². The van der Waals surface area contributed by atoms with E-state index in [1.807, 2.05) is 24.5 Å². The number of rotatable bonds is 1. The number of nitrogens with two attached hydrogens (primary N) is 1. The Morgan fingerprint density at radius 2 is 2.31 bits per heavy atom. The van der Waals surface area contributed by atoms with E-state index in [0.29, 0.717) is 6.42 Å². The van der Waals surface area contributed by atoms with Gasteiger partial charge in [0.15, 0.2) is 5.78 Å². The SMILES string of the molecule is CSc1cccc2c1[C@@H](N)CC2=O. The second-order valence-electron chi connectivity index (χ2n) is 3.16. The number of carbonyl (C=O) groups is 1. The fourth-order valence-electron chi connectivity index (χ4n) is 1.76. The van der Waals surface area contributed by atoms with E-state index in [2.05, 4.69) is 0 Å². The van der Waals surface area contributed by atoms with Gasteiger partial charge in [0.1, 0.15) is 0 Å². The van der Waals surface area contributed by atoms with Crippen LogP contribution in [0.3, 0.4) is 0 Å². The van der Waals surface area contributed by atoms with Gasteiger partial charge in [0.2, 0.25) is 0 Å². The molecule has 2 rings (SSSR count). The predicted octanol–water partition coefficient (Wildman–Crippen LogP) is 1.99. The van der Waals surface area contributed by atoms with Gasteiger partial charge >= 0.3 is 0 Å². The third-order valence-electron chi connectivity index (χ3n) is 2.36. The van der Waals surface area contributed by atoms with E-state index in [0.717, 1.165) is 16.0 Å². The van der Waals surface area contributed by atoms with E-state index >= 15 is 0 Å². The zero-order valence-electron chi connectivity index (χ0n) is 7.41. The molecule has 1 aliphatic rings. The minimum Gasteiger partial charge on any atom is -0.324 e. The normalized spacial score (nSPS) is 20.5. The van der Waals surface area contributed by atoms with E-state index in [4.69, 9.17) is 5.73 Å². The van der Waals surface area contributed by atoms with Gasteiger partial charge in [0, 0.05) is 22.9 Å². The molecular formula is C10H11NOS. The Labute approximate surface area is 81.5 Å². The fourth-order valence-corrected chi connectivity index (χ4v) is 2.46. The Kier molecular flexibility index (Phi) is 2.14. The van der Waals surface area contributed by atoms with Gasteiger partial charge in [-0.1, -0.05) is 12.1 Å². The average molecular weight is 193 g/mol. The summed E-state index contributed by atoms with van der Waals surface area (Å²) >= 11 is 1.65. The van der Waals surface area contributed by atoms with Crippen LogP contribution in [0.25, 0.3) is 0 Å². The Bertz CT molecular complexity index is 362. The quantitative estimate of drug-likeness (QED) is 0.694. The van der Waals surface area contributed by atoms with Crippen LogP contribution in [-0.4, -0.2) is 12.0 Å². The lowest BCUT2D eigenvalue weighted by Gasteiger charge is -2.08. The molecule has 2 nitrogen and oxygen atoms in total. The van der Waals surface area contributed by atoms with E-state index in [1.165, 1.54) is 0 Å². The summed E-state index contributed by atoms with van der Waals surface area (Å²) in [5.74, 6) is 0.179. The first-order chi connectivity index (χ1) is 6.24. The van der Waals surface area contributed by atoms with E-state index in [9.17, 15) is 4.79 Å². The van der Waals surface area contributed by atoms with Gasteiger partial charge in [-0.25, -0.2) is 0 Å². The van der Waals surface area contributed by atoms with Crippen LogP contribution >= 0.6 is 11.8 Å². The maximum absolute atomic E-state index is 11.5. The molecule has 0 saturated carbocycles. The monoisotopic (exact) mass is 193 g/mol. The molecular weight excluding hydrogens is 182 g/mol. The Morgan fingerprint density at radius 1 is 1.54 bits per heavy atom. The van der Waals surface area contributed by atoms with Crippen LogP contribution in [0.5, 0.6) is 0 Å². The molecule has 0 unspecified atom stereocenters. The van der Waals surface area contributed by atoms with Gasteiger partial charge in [-0.15, -0.1) is 11.8 Å². The second kappa shape index (κ2) is 3.16. The van der Waals surface area contributed by atoms with Gasteiger partial charge in [0.25, 0.3) is 0 Å². The molecule has 0 bridgehead atoms. The van der Waals surface area contributed by atoms with Crippen molar-refractivity contribution in [3.63, 3.8) is 0 Å². The highest BCUT2D eigenvalue weighted by Gasteiger charge is 2.28. The maximum atomic E-state index is 11.5. The van der Waals surface area contributed by atoms with Crippen molar-refractivity contribution in [2.45, 2.75) is 17.4 Å². The molecule has 0 spiro atoms. The van der Waals surface area contributed by atoms with Gasteiger partial charge in [0.05, 0.1) is 0 Å². The average Bonchev–Trinajstić information content (AvgIpc) is 2.43. The maximum Gasteiger partial charge on any atom is 0.165 e. The van der Waals surface area contributed by atoms with Crippen molar-refractivity contribution in [3.8, 4) is 0 Å². The van der Waals surface area contributed by atoms with Crippen molar-refractivity contribution < 1.29 is 4.79 Å². The number of Topliss-reactive ketones (excluding diaryl/α,β-unsaturated/α-hetero) is 1. The van der Waals surface area contributed by atoms with Crippen molar-refractivity contribution in [1.82, 2.24) is 0 Å². The van der Waals surface area contributed by atoms with Crippen LogP contribution < -0.4 is 5.73 Å². The Hall–Kier alpha value is -0.800. The third kappa shape index (κ3) is 1.28. The first kappa shape index (κ1) is 8.78. The van der Waals surface area contributed by atoms with Gasteiger partial charge in [-0.05, 0) is 17.9 Å². The first-order valence-corrected chi connectivity index (χ1v) is 5.42. The predicted molar refractivity (Wildman–Crippen MR) is 54.1 cm³/mol. The summed E-state index contributed by atoms with van der Waals surface area (Å²) in [4.78, 5) is 12.6. The minimum absolute atomic E-state index is 0.0915. The number of fused-ring (bicyclic) bond motifs is 1. The fraction of sp³-hybridized carbons (Fsp3) is 0.300. The van der Waals surface area contributed by atoms with E-state index in [-0.39, 0.29) is 11.8 Å². The lowest BCUT2D eigenvalue weighted by atomic mass is 10.1. The number of thioether (sulfide) groups is 1. The number of hydrogen-bond donors (Lipinski definition) is 1. The van der Waals surface area contributed by atoms with Crippen molar-refractivity contribution >= 4 is 17.5 Å². The molecule has 1 aromatic carbocycles. The van der Waals surface area contributed by atoms with Crippen LogP contribution in [0.4, 0.5) is 0 Å². The number of benzene rings is 1. The van der Waals surface area contributed by atoms with Crippen LogP contribution in [0.15, 0.2) is 23.1 Å². The van der Waals surface area contributed by atoms with Crippen molar-refractivity contribution in [2.75, 3.05) is 6.26 Å². The summed E-state index contributed by atoms with van der Waals surface area (Å²) in [6.07, 6.45) is 2.47. The molecule has 0 aromatic heterocycles. The third-order valence-corrected chi connectivity index (χ3v) is 3.16. The van der Waals surface area contributed by atoms with Crippen LogP contribution in [0, 0.1) is 0 Å². The first-order valence-electron chi connectivity index (χ1n) is 4.19. The minimum atomic E-state index is -0.0915. The van der Waals surface area contributed by atoms with E-state index in [1.54, 1.807) is 11.8 Å². The van der Waals surface area contributed by atoms with Crippen molar-refractivity contribution in [1.29, 1.82) is 0 Å².